The Balaban J connectivity index is 2.03. The van der Waals surface area contributed by atoms with Crippen LogP contribution in [0.3, 0.4) is 0 Å². The second-order valence-electron chi connectivity index (χ2n) is 8.12. The molecule has 3 rings (SSSR count). The van der Waals surface area contributed by atoms with E-state index in [9.17, 15) is 27.9 Å². The SMILES string of the molecule is Cc1ccc(CN2C(C(=O)N(C)CCO)=C(N(C)C=O)NC2Oc2cccc(C(F)(F)F)c2)cc1. The molecule has 0 bridgehead atoms. The predicted molar refractivity (Wildman–Crippen MR) is 121 cm³/mol. The normalized spacial score (nSPS) is 15.6. The van der Waals surface area contributed by atoms with Crippen LogP contribution in [0.4, 0.5) is 13.2 Å². The summed E-state index contributed by atoms with van der Waals surface area (Å²) in [4.78, 5) is 28.9. The van der Waals surface area contributed by atoms with E-state index in [-0.39, 0.29) is 37.0 Å². The van der Waals surface area contributed by atoms with Gasteiger partial charge in [-0.05, 0) is 30.7 Å². The van der Waals surface area contributed by atoms with Crippen LogP contribution in [0.1, 0.15) is 16.7 Å². The first-order chi connectivity index (χ1) is 16.5. The van der Waals surface area contributed by atoms with Gasteiger partial charge in [-0.2, -0.15) is 13.2 Å². The fourth-order valence-corrected chi connectivity index (χ4v) is 3.51. The molecule has 8 nitrogen and oxygen atoms in total. The molecule has 1 aliphatic rings. The van der Waals surface area contributed by atoms with Crippen molar-refractivity contribution >= 4 is 12.3 Å². The first-order valence-electron chi connectivity index (χ1n) is 10.8. The molecule has 1 aliphatic heterocycles. The highest BCUT2D eigenvalue weighted by molar-refractivity contribution is 5.94. The maximum Gasteiger partial charge on any atom is 0.416 e. The molecule has 0 aromatic heterocycles. The molecule has 0 fully saturated rings. The number of alkyl halides is 3. The fourth-order valence-electron chi connectivity index (χ4n) is 3.51. The number of likely N-dealkylation sites (N-methyl/N-ethyl adjacent to an activating group) is 1. The number of hydrogen-bond acceptors (Lipinski definition) is 6. The molecule has 0 spiro atoms. The Bertz CT molecular complexity index is 1090. The number of nitrogens with zero attached hydrogens (tertiary/aromatic N) is 3. The van der Waals surface area contributed by atoms with Gasteiger partial charge in [-0.1, -0.05) is 35.9 Å². The second kappa shape index (κ2) is 10.7. The number of rotatable bonds is 9. The number of aryl methyl sites for hydroxylation is 1. The summed E-state index contributed by atoms with van der Waals surface area (Å²) in [6, 6.07) is 11.9. The van der Waals surface area contributed by atoms with Crippen LogP contribution in [0.15, 0.2) is 60.0 Å². The maximum atomic E-state index is 13.3. The van der Waals surface area contributed by atoms with E-state index in [1.165, 1.54) is 36.0 Å². The van der Waals surface area contributed by atoms with E-state index in [1.807, 2.05) is 31.2 Å². The number of halogens is 3. The van der Waals surface area contributed by atoms with Gasteiger partial charge in [-0.3, -0.25) is 9.59 Å². The topological polar surface area (TPSA) is 85.4 Å². The standard InChI is InChI=1S/C24H27F3N4O4/c1-16-7-9-17(10-8-16)14-31-20(22(34)29(2)11-12-32)21(30(3)15-33)28-23(31)35-19-6-4-5-18(13-19)24(25,26)27/h4-10,13,15,23,28,32H,11-12,14H2,1-3H3. The van der Waals surface area contributed by atoms with Crippen LogP contribution in [0.5, 0.6) is 5.75 Å². The fraction of sp³-hybridized carbons (Fsp3) is 0.333. The van der Waals surface area contributed by atoms with Gasteiger partial charge in [0.05, 0.1) is 12.2 Å². The third-order valence-corrected chi connectivity index (χ3v) is 5.43. The number of hydrogen-bond donors (Lipinski definition) is 2. The molecule has 188 valence electrons. The molecule has 2 aromatic carbocycles. The van der Waals surface area contributed by atoms with Crippen LogP contribution in [-0.4, -0.2) is 65.7 Å². The van der Waals surface area contributed by atoms with Crippen LogP contribution in [0.2, 0.25) is 0 Å². The van der Waals surface area contributed by atoms with E-state index < -0.39 is 24.0 Å². The van der Waals surface area contributed by atoms with Gasteiger partial charge in [0, 0.05) is 27.2 Å². The summed E-state index contributed by atoms with van der Waals surface area (Å²) in [5.41, 5.74) is 1.03. The summed E-state index contributed by atoms with van der Waals surface area (Å²) in [5, 5.41) is 12.2. The van der Waals surface area contributed by atoms with E-state index in [1.54, 1.807) is 0 Å². The number of aliphatic hydroxyl groups is 1. The number of ether oxygens (including phenoxy) is 1. The number of amides is 2. The Kier molecular flexibility index (Phi) is 7.90. The van der Waals surface area contributed by atoms with Crippen molar-refractivity contribution < 1.29 is 32.6 Å². The number of nitrogens with one attached hydrogen (secondary N) is 1. The minimum absolute atomic E-state index is 0.0396. The molecule has 0 aliphatic carbocycles. The third kappa shape index (κ3) is 6.04. The van der Waals surface area contributed by atoms with Crippen molar-refractivity contribution in [2.75, 3.05) is 27.2 Å². The van der Waals surface area contributed by atoms with Crippen LogP contribution < -0.4 is 10.1 Å². The van der Waals surface area contributed by atoms with Gasteiger partial charge in [0.25, 0.3) is 12.3 Å². The average molecular weight is 492 g/mol. The van der Waals surface area contributed by atoms with Crippen molar-refractivity contribution in [3.8, 4) is 5.75 Å². The van der Waals surface area contributed by atoms with Crippen molar-refractivity contribution in [3.05, 3.63) is 76.7 Å². The Morgan fingerprint density at radius 1 is 1.20 bits per heavy atom. The first kappa shape index (κ1) is 25.9. The molecule has 2 amide bonds. The van der Waals surface area contributed by atoms with Gasteiger partial charge in [-0.25, -0.2) is 0 Å². The molecule has 11 heteroatoms. The number of benzene rings is 2. The Morgan fingerprint density at radius 3 is 2.49 bits per heavy atom. The smallest absolute Gasteiger partial charge is 0.416 e. The third-order valence-electron chi connectivity index (χ3n) is 5.43. The van der Waals surface area contributed by atoms with Crippen LogP contribution in [0.25, 0.3) is 0 Å². The summed E-state index contributed by atoms with van der Waals surface area (Å²) < 4.78 is 45.5. The first-order valence-corrected chi connectivity index (χ1v) is 10.8. The highest BCUT2D eigenvalue weighted by Gasteiger charge is 2.40. The molecule has 1 unspecified atom stereocenters. The summed E-state index contributed by atoms with van der Waals surface area (Å²) in [6.07, 6.45) is -5.16. The van der Waals surface area contributed by atoms with Gasteiger partial charge < -0.3 is 29.9 Å². The van der Waals surface area contributed by atoms with Gasteiger partial charge in [0.1, 0.15) is 17.3 Å². The lowest BCUT2D eigenvalue weighted by atomic mass is 10.1. The second-order valence-corrected chi connectivity index (χ2v) is 8.12. The molecular weight excluding hydrogens is 465 g/mol. The van der Waals surface area contributed by atoms with Crippen LogP contribution >= 0.6 is 0 Å². The molecule has 35 heavy (non-hydrogen) atoms. The molecule has 1 atom stereocenters. The summed E-state index contributed by atoms with van der Waals surface area (Å²) in [5.74, 6) is -0.451. The van der Waals surface area contributed by atoms with Crippen molar-refractivity contribution in [1.29, 1.82) is 0 Å². The highest BCUT2D eigenvalue weighted by atomic mass is 19.4. The lowest BCUT2D eigenvalue weighted by molar-refractivity contribution is -0.137. The van der Waals surface area contributed by atoms with Crippen molar-refractivity contribution in [1.82, 2.24) is 20.0 Å². The highest BCUT2D eigenvalue weighted by Crippen LogP contribution is 2.33. The molecule has 2 N–H and O–H groups in total. The zero-order valence-corrected chi connectivity index (χ0v) is 19.5. The molecule has 0 saturated carbocycles. The maximum absolute atomic E-state index is 13.3. The minimum atomic E-state index is -4.56. The van der Waals surface area contributed by atoms with Crippen molar-refractivity contribution in [2.24, 2.45) is 0 Å². The number of carbonyl (C=O) groups excluding carboxylic acids is 2. The Labute approximate surface area is 201 Å². The molecular formula is C24H27F3N4O4. The summed E-state index contributed by atoms with van der Waals surface area (Å²) in [7, 11) is 2.93. The lowest BCUT2D eigenvalue weighted by Gasteiger charge is -2.30. The number of carbonyl (C=O) groups is 2. The van der Waals surface area contributed by atoms with Crippen LogP contribution in [0, 0.1) is 6.92 Å². The largest absolute Gasteiger partial charge is 0.452 e. The summed E-state index contributed by atoms with van der Waals surface area (Å²) in [6.45, 7) is 1.85. The van der Waals surface area contributed by atoms with E-state index in [2.05, 4.69) is 5.32 Å². The molecule has 1 heterocycles. The van der Waals surface area contributed by atoms with E-state index in [4.69, 9.17) is 4.74 Å². The average Bonchev–Trinajstić information content (AvgIpc) is 3.16. The zero-order valence-electron chi connectivity index (χ0n) is 19.5. The minimum Gasteiger partial charge on any atom is -0.452 e. The lowest BCUT2D eigenvalue weighted by Crippen LogP contribution is -2.44. The quantitative estimate of drug-likeness (QED) is 0.524. The van der Waals surface area contributed by atoms with Gasteiger partial charge in [0.15, 0.2) is 0 Å². The molecule has 0 radical (unpaired) electrons. The summed E-state index contributed by atoms with van der Waals surface area (Å²) >= 11 is 0. The predicted octanol–water partition coefficient (Wildman–Crippen LogP) is 2.49. The number of aliphatic hydroxyl groups excluding tert-OH is 1. The van der Waals surface area contributed by atoms with Crippen LogP contribution in [-0.2, 0) is 22.3 Å². The van der Waals surface area contributed by atoms with E-state index in [0.717, 1.165) is 28.2 Å². The van der Waals surface area contributed by atoms with E-state index >= 15 is 0 Å². The molecule has 0 saturated heterocycles. The Hall–Kier alpha value is -3.73. The Morgan fingerprint density at radius 2 is 1.89 bits per heavy atom. The van der Waals surface area contributed by atoms with Gasteiger partial charge in [0.2, 0.25) is 6.41 Å². The van der Waals surface area contributed by atoms with Crippen molar-refractivity contribution in [2.45, 2.75) is 26.0 Å². The van der Waals surface area contributed by atoms with Gasteiger partial charge >= 0.3 is 6.18 Å². The van der Waals surface area contributed by atoms with Crippen molar-refractivity contribution in [3.63, 3.8) is 0 Å². The monoisotopic (exact) mass is 492 g/mol. The van der Waals surface area contributed by atoms with E-state index in [0.29, 0.717) is 6.41 Å². The van der Waals surface area contributed by atoms with Gasteiger partial charge in [-0.15, -0.1) is 0 Å². The molecule has 2 aromatic rings. The zero-order chi connectivity index (χ0) is 25.8.